The molecule has 2 heterocycles. The first-order chi connectivity index (χ1) is 13.2. The molecule has 2 aliphatic rings. The zero-order valence-corrected chi connectivity index (χ0v) is 16.7. The van der Waals surface area contributed by atoms with Gasteiger partial charge in [-0.05, 0) is 43.5 Å². The molecule has 0 aromatic heterocycles. The van der Waals surface area contributed by atoms with Crippen LogP contribution in [0, 0.1) is 5.92 Å². The van der Waals surface area contributed by atoms with Crippen LogP contribution < -0.4 is 25.1 Å². The summed E-state index contributed by atoms with van der Waals surface area (Å²) in [6.45, 7) is 3.29. The van der Waals surface area contributed by atoms with Crippen LogP contribution in [0.5, 0.6) is 17.2 Å². The van der Waals surface area contributed by atoms with Crippen LogP contribution in [0.2, 0.25) is 0 Å². The molecule has 2 fully saturated rings. The fourth-order valence-electron chi connectivity index (χ4n) is 4.42. The maximum atomic E-state index is 9.40. The fourth-order valence-corrected chi connectivity index (χ4v) is 4.42. The molecule has 152 valence electrons. The normalized spacial score (nSPS) is 26.1. The van der Waals surface area contributed by atoms with E-state index in [1.807, 2.05) is 12.1 Å². The number of hydrogen-bond donors (Lipinski definition) is 3. The second-order valence-corrected chi connectivity index (χ2v) is 7.38. The summed E-state index contributed by atoms with van der Waals surface area (Å²) >= 11 is 0. The molecule has 0 amide bonds. The molecule has 1 aromatic carbocycles. The number of hydrazine groups is 1. The molecule has 3 atom stereocenters. The summed E-state index contributed by atoms with van der Waals surface area (Å²) in [5.41, 5.74) is 7.86. The van der Waals surface area contributed by atoms with E-state index in [0.29, 0.717) is 29.2 Å². The molecule has 0 saturated carbocycles. The van der Waals surface area contributed by atoms with E-state index >= 15 is 0 Å². The first kappa shape index (κ1) is 20.2. The van der Waals surface area contributed by atoms with Crippen molar-refractivity contribution < 1.29 is 19.3 Å². The Bertz CT molecular complexity index is 586. The number of benzene rings is 1. The quantitative estimate of drug-likeness (QED) is 0.635. The van der Waals surface area contributed by atoms with Gasteiger partial charge in [-0.3, -0.25) is 10.3 Å². The first-order valence-corrected chi connectivity index (χ1v) is 9.85. The van der Waals surface area contributed by atoms with Crippen LogP contribution in [0.25, 0.3) is 0 Å². The van der Waals surface area contributed by atoms with Gasteiger partial charge in [-0.25, -0.2) is 5.43 Å². The zero-order valence-electron chi connectivity index (χ0n) is 16.7. The first-order valence-electron chi connectivity index (χ1n) is 9.85. The number of aliphatic hydroxyl groups excluding tert-OH is 1. The summed E-state index contributed by atoms with van der Waals surface area (Å²) < 4.78 is 16.5. The number of hydrogen-bond acceptors (Lipinski definition) is 7. The maximum absolute atomic E-state index is 9.40. The van der Waals surface area contributed by atoms with Crippen molar-refractivity contribution in [3.63, 3.8) is 0 Å². The number of piperidine rings is 1. The van der Waals surface area contributed by atoms with E-state index < -0.39 is 0 Å². The number of ether oxygens (including phenoxy) is 3. The molecule has 3 unspecified atom stereocenters. The number of aliphatic hydroxyl groups is 1. The van der Waals surface area contributed by atoms with Gasteiger partial charge < -0.3 is 19.3 Å². The number of methoxy groups -OCH3 is 3. The molecule has 2 aliphatic heterocycles. The minimum atomic E-state index is 0.162. The molecule has 3 N–H and O–H groups in total. The van der Waals surface area contributed by atoms with E-state index in [2.05, 4.69) is 15.8 Å². The lowest BCUT2D eigenvalue weighted by Crippen LogP contribution is -2.44. The highest BCUT2D eigenvalue weighted by Gasteiger charge is 2.33. The SMILES string of the molecule is COc1cc(C2NNCC2CN2CCCCC2CCO)cc(OC)c1OC. The Morgan fingerprint density at radius 1 is 1.11 bits per heavy atom. The van der Waals surface area contributed by atoms with Gasteiger partial charge in [-0.15, -0.1) is 0 Å². The molecule has 7 heteroatoms. The molecule has 0 aliphatic carbocycles. The second kappa shape index (κ2) is 9.59. The van der Waals surface area contributed by atoms with Gasteiger partial charge in [0.25, 0.3) is 0 Å². The van der Waals surface area contributed by atoms with Crippen LogP contribution in [-0.2, 0) is 0 Å². The van der Waals surface area contributed by atoms with E-state index in [1.165, 1.54) is 19.3 Å². The predicted molar refractivity (Wildman–Crippen MR) is 104 cm³/mol. The van der Waals surface area contributed by atoms with E-state index in [-0.39, 0.29) is 12.6 Å². The van der Waals surface area contributed by atoms with Crippen LogP contribution in [-0.4, -0.2) is 63.6 Å². The highest BCUT2D eigenvalue weighted by Crippen LogP contribution is 2.41. The van der Waals surface area contributed by atoms with Crippen molar-refractivity contribution in [3.8, 4) is 17.2 Å². The van der Waals surface area contributed by atoms with Crippen LogP contribution >= 0.6 is 0 Å². The van der Waals surface area contributed by atoms with Crippen molar-refractivity contribution in [2.24, 2.45) is 5.92 Å². The topological polar surface area (TPSA) is 75.2 Å². The molecule has 0 spiro atoms. The Kier molecular flexibility index (Phi) is 7.18. The lowest BCUT2D eigenvalue weighted by molar-refractivity contribution is 0.101. The monoisotopic (exact) mass is 379 g/mol. The van der Waals surface area contributed by atoms with E-state index in [0.717, 1.165) is 31.6 Å². The van der Waals surface area contributed by atoms with Crippen molar-refractivity contribution >= 4 is 0 Å². The third-order valence-electron chi connectivity index (χ3n) is 5.82. The van der Waals surface area contributed by atoms with Gasteiger partial charge in [0.2, 0.25) is 5.75 Å². The van der Waals surface area contributed by atoms with E-state index in [4.69, 9.17) is 14.2 Å². The highest BCUT2D eigenvalue weighted by molar-refractivity contribution is 5.54. The number of likely N-dealkylation sites (tertiary alicyclic amines) is 1. The van der Waals surface area contributed by atoms with Gasteiger partial charge in [0, 0.05) is 31.7 Å². The largest absolute Gasteiger partial charge is 0.493 e. The van der Waals surface area contributed by atoms with Gasteiger partial charge in [-0.2, -0.15) is 0 Å². The molecule has 3 rings (SSSR count). The van der Waals surface area contributed by atoms with Crippen LogP contribution in [0.3, 0.4) is 0 Å². The summed E-state index contributed by atoms with van der Waals surface area (Å²) in [6, 6.07) is 4.71. The average Bonchev–Trinajstić information content (AvgIpc) is 3.16. The lowest BCUT2D eigenvalue weighted by Gasteiger charge is -2.38. The Morgan fingerprint density at radius 2 is 1.85 bits per heavy atom. The smallest absolute Gasteiger partial charge is 0.203 e. The minimum Gasteiger partial charge on any atom is -0.493 e. The zero-order chi connectivity index (χ0) is 19.2. The minimum absolute atomic E-state index is 0.162. The molecule has 27 heavy (non-hydrogen) atoms. The Balaban J connectivity index is 1.79. The molecule has 0 bridgehead atoms. The van der Waals surface area contributed by atoms with Crippen molar-refractivity contribution in [3.05, 3.63) is 17.7 Å². The maximum Gasteiger partial charge on any atom is 0.203 e. The van der Waals surface area contributed by atoms with Crippen LogP contribution in [0.15, 0.2) is 12.1 Å². The molecule has 2 saturated heterocycles. The molecular weight excluding hydrogens is 346 g/mol. The average molecular weight is 380 g/mol. The van der Waals surface area contributed by atoms with Gasteiger partial charge in [0.05, 0.1) is 27.4 Å². The summed E-state index contributed by atoms with van der Waals surface area (Å²) in [6.07, 6.45) is 4.55. The number of nitrogens with zero attached hydrogens (tertiary/aromatic N) is 1. The molecule has 0 radical (unpaired) electrons. The van der Waals surface area contributed by atoms with Crippen LogP contribution in [0.4, 0.5) is 0 Å². The van der Waals surface area contributed by atoms with Crippen molar-refractivity contribution in [2.45, 2.75) is 37.8 Å². The third kappa shape index (κ3) is 4.48. The van der Waals surface area contributed by atoms with Gasteiger partial charge in [-0.1, -0.05) is 6.42 Å². The van der Waals surface area contributed by atoms with Crippen LogP contribution in [0.1, 0.15) is 37.3 Å². The highest BCUT2D eigenvalue weighted by atomic mass is 16.5. The van der Waals surface area contributed by atoms with Crippen molar-refractivity contribution in [1.82, 2.24) is 15.8 Å². The molecule has 7 nitrogen and oxygen atoms in total. The number of nitrogens with one attached hydrogen (secondary N) is 2. The summed E-state index contributed by atoms with van der Waals surface area (Å²) in [7, 11) is 4.91. The van der Waals surface area contributed by atoms with Gasteiger partial charge in [0.1, 0.15) is 0 Å². The lowest BCUT2D eigenvalue weighted by atomic mass is 9.91. The van der Waals surface area contributed by atoms with E-state index in [1.54, 1.807) is 21.3 Å². The third-order valence-corrected chi connectivity index (χ3v) is 5.82. The van der Waals surface area contributed by atoms with Crippen molar-refractivity contribution in [2.75, 3.05) is 47.6 Å². The molecule has 1 aromatic rings. The molecular formula is C20H33N3O4. The predicted octanol–water partition coefficient (Wildman–Crippen LogP) is 1.71. The van der Waals surface area contributed by atoms with E-state index in [9.17, 15) is 5.11 Å². The van der Waals surface area contributed by atoms with Crippen molar-refractivity contribution in [1.29, 1.82) is 0 Å². The second-order valence-electron chi connectivity index (χ2n) is 7.38. The summed E-state index contributed by atoms with van der Waals surface area (Å²) in [5, 5.41) is 9.40. The summed E-state index contributed by atoms with van der Waals surface area (Å²) in [4.78, 5) is 2.56. The Labute approximate surface area is 161 Å². The van der Waals surface area contributed by atoms with Gasteiger partial charge >= 0.3 is 0 Å². The standard InChI is InChI=1S/C20H33N3O4/c1-25-17-10-14(11-18(26-2)20(17)27-3)19-15(12-21-22-19)13-23-8-5-4-6-16(23)7-9-24/h10-11,15-16,19,21-22,24H,4-9,12-13H2,1-3H3. The summed E-state index contributed by atoms with van der Waals surface area (Å²) in [5.74, 6) is 2.39. The van der Waals surface area contributed by atoms with Gasteiger partial charge in [0.15, 0.2) is 11.5 Å². The Hall–Kier alpha value is -1.54. The fraction of sp³-hybridized carbons (Fsp3) is 0.700. The number of rotatable bonds is 8. The Morgan fingerprint density at radius 3 is 2.48 bits per heavy atom.